The van der Waals surface area contributed by atoms with Crippen molar-refractivity contribution in [3.8, 4) is 0 Å². The minimum atomic E-state index is -0.196. The van der Waals surface area contributed by atoms with Gasteiger partial charge in [0.25, 0.3) is 0 Å². The maximum Gasteiger partial charge on any atom is 0.312 e. The second-order valence-corrected chi connectivity index (χ2v) is 5.11. The third-order valence-electron chi connectivity index (χ3n) is 4.08. The maximum atomic E-state index is 11.8. The van der Waals surface area contributed by atoms with E-state index in [2.05, 4.69) is 13.8 Å². The van der Waals surface area contributed by atoms with Crippen LogP contribution in [0, 0.1) is 11.3 Å². The Morgan fingerprint density at radius 2 is 2.14 bits per heavy atom. The van der Waals surface area contributed by atoms with E-state index in [1.54, 1.807) is 0 Å². The highest BCUT2D eigenvalue weighted by molar-refractivity contribution is 5.77. The van der Waals surface area contributed by atoms with Gasteiger partial charge < -0.3 is 4.74 Å². The molecular formula is C12H20O2. The van der Waals surface area contributed by atoms with Crippen LogP contribution in [0.2, 0.25) is 0 Å². The van der Waals surface area contributed by atoms with Gasteiger partial charge in [-0.1, -0.05) is 13.3 Å². The fourth-order valence-electron chi connectivity index (χ4n) is 2.79. The van der Waals surface area contributed by atoms with Gasteiger partial charge in [-0.2, -0.15) is 0 Å². The fraction of sp³-hybridized carbons (Fsp3) is 0.917. The van der Waals surface area contributed by atoms with Crippen LogP contribution in [0.3, 0.4) is 0 Å². The van der Waals surface area contributed by atoms with Gasteiger partial charge in [-0.25, -0.2) is 0 Å². The molecule has 0 aromatic rings. The monoisotopic (exact) mass is 196 g/mol. The van der Waals surface area contributed by atoms with Crippen molar-refractivity contribution in [3.05, 3.63) is 0 Å². The van der Waals surface area contributed by atoms with Crippen molar-refractivity contribution in [1.82, 2.24) is 0 Å². The third kappa shape index (κ3) is 1.55. The van der Waals surface area contributed by atoms with Crippen LogP contribution in [-0.4, -0.2) is 12.1 Å². The molecule has 1 saturated heterocycles. The second-order valence-electron chi connectivity index (χ2n) is 5.11. The molecule has 0 aromatic carbocycles. The molecule has 0 amide bonds. The molecule has 0 aromatic heterocycles. The van der Waals surface area contributed by atoms with Crippen molar-refractivity contribution < 1.29 is 9.53 Å². The minimum absolute atomic E-state index is 0.0446. The van der Waals surface area contributed by atoms with E-state index in [0.717, 1.165) is 19.3 Å². The number of hydrogen-bond acceptors (Lipinski definition) is 2. The van der Waals surface area contributed by atoms with Gasteiger partial charge >= 0.3 is 5.97 Å². The van der Waals surface area contributed by atoms with E-state index in [1.807, 2.05) is 0 Å². The smallest absolute Gasteiger partial charge is 0.312 e. The first-order chi connectivity index (χ1) is 6.65. The number of carbonyl (C=O) groups is 1. The van der Waals surface area contributed by atoms with Crippen molar-refractivity contribution in [1.29, 1.82) is 0 Å². The van der Waals surface area contributed by atoms with Crippen LogP contribution in [0.25, 0.3) is 0 Å². The summed E-state index contributed by atoms with van der Waals surface area (Å²) in [6.07, 6.45) is 7.11. The predicted molar refractivity (Wildman–Crippen MR) is 54.9 cm³/mol. The van der Waals surface area contributed by atoms with Crippen molar-refractivity contribution in [2.75, 3.05) is 0 Å². The fourth-order valence-corrected chi connectivity index (χ4v) is 2.79. The summed E-state index contributed by atoms with van der Waals surface area (Å²) in [4.78, 5) is 11.8. The van der Waals surface area contributed by atoms with Gasteiger partial charge in [0, 0.05) is 0 Å². The quantitative estimate of drug-likeness (QED) is 0.603. The van der Waals surface area contributed by atoms with E-state index >= 15 is 0 Å². The number of fused-ring (bicyclic) bond motifs is 1. The van der Waals surface area contributed by atoms with Gasteiger partial charge in [0.15, 0.2) is 0 Å². The number of hydrogen-bond donors (Lipinski definition) is 0. The molecule has 2 heteroatoms. The van der Waals surface area contributed by atoms with Crippen LogP contribution < -0.4 is 0 Å². The van der Waals surface area contributed by atoms with Crippen molar-refractivity contribution >= 4 is 5.97 Å². The average Bonchev–Trinajstić information content (AvgIpc) is 2.20. The Morgan fingerprint density at radius 1 is 1.43 bits per heavy atom. The summed E-state index contributed by atoms with van der Waals surface area (Å²) in [5, 5.41) is 0. The molecule has 1 saturated carbocycles. The SMILES string of the molecule is CCC1(C)CC2CCCCC2OC1=O. The highest BCUT2D eigenvalue weighted by Crippen LogP contribution is 2.43. The minimum Gasteiger partial charge on any atom is -0.462 e. The largest absolute Gasteiger partial charge is 0.462 e. The Morgan fingerprint density at radius 3 is 2.86 bits per heavy atom. The summed E-state index contributed by atoms with van der Waals surface area (Å²) >= 11 is 0. The van der Waals surface area contributed by atoms with Gasteiger partial charge in [-0.05, 0) is 44.9 Å². The molecule has 2 aliphatic rings. The summed E-state index contributed by atoms with van der Waals surface area (Å²) in [5.41, 5.74) is -0.196. The average molecular weight is 196 g/mol. The molecular weight excluding hydrogens is 176 g/mol. The zero-order chi connectivity index (χ0) is 10.2. The van der Waals surface area contributed by atoms with E-state index in [4.69, 9.17) is 4.74 Å². The first kappa shape index (κ1) is 10.0. The van der Waals surface area contributed by atoms with E-state index in [9.17, 15) is 4.79 Å². The van der Waals surface area contributed by atoms with Crippen LogP contribution in [-0.2, 0) is 9.53 Å². The van der Waals surface area contributed by atoms with E-state index in [-0.39, 0.29) is 17.5 Å². The van der Waals surface area contributed by atoms with Gasteiger partial charge in [-0.15, -0.1) is 0 Å². The standard InChI is InChI=1S/C12H20O2/c1-3-12(2)8-9-6-4-5-7-10(9)14-11(12)13/h9-10H,3-8H2,1-2H3. The Kier molecular flexibility index (Phi) is 2.54. The lowest BCUT2D eigenvalue weighted by molar-refractivity contribution is -0.178. The van der Waals surface area contributed by atoms with Crippen LogP contribution in [0.4, 0.5) is 0 Å². The Hall–Kier alpha value is -0.530. The van der Waals surface area contributed by atoms with Gasteiger partial charge in [-0.3, -0.25) is 4.79 Å². The normalized spacial score (nSPS) is 42.9. The van der Waals surface area contributed by atoms with Crippen LogP contribution in [0.1, 0.15) is 52.4 Å². The highest BCUT2D eigenvalue weighted by atomic mass is 16.5. The molecule has 2 fully saturated rings. The van der Waals surface area contributed by atoms with Crippen molar-refractivity contribution in [3.63, 3.8) is 0 Å². The molecule has 0 N–H and O–H groups in total. The molecule has 3 atom stereocenters. The maximum absolute atomic E-state index is 11.8. The number of esters is 1. The molecule has 80 valence electrons. The Balaban J connectivity index is 2.10. The van der Waals surface area contributed by atoms with Crippen molar-refractivity contribution in [2.45, 2.75) is 58.5 Å². The first-order valence-corrected chi connectivity index (χ1v) is 5.87. The van der Waals surface area contributed by atoms with E-state index < -0.39 is 0 Å². The van der Waals surface area contributed by atoms with Crippen LogP contribution >= 0.6 is 0 Å². The number of ether oxygens (including phenoxy) is 1. The molecule has 1 heterocycles. The topological polar surface area (TPSA) is 26.3 Å². The number of rotatable bonds is 1. The van der Waals surface area contributed by atoms with Crippen LogP contribution in [0.5, 0.6) is 0 Å². The second kappa shape index (κ2) is 3.56. The zero-order valence-corrected chi connectivity index (χ0v) is 9.21. The third-order valence-corrected chi connectivity index (χ3v) is 4.08. The molecule has 0 spiro atoms. The summed E-state index contributed by atoms with van der Waals surface area (Å²) in [6.45, 7) is 4.14. The summed E-state index contributed by atoms with van der Waals surface area (Å²) in [7, 11) is 0. The lowest BCUT2D eigenvalue weighted by atomic mass is 9.70. The molecule has 1 aliphatic carbocycles. The molecule has 0 radical (unpaired) electrons. The van der Waals surface area contributed by atoms with Gasteiger partial charge in [0.1, 0.15) is 6.10 Å². The summed E-state index contributed by atoms with van der Waals surface area (Å²) < 4.78 is 5.56. The molecule has 2 nitrogen and oxygen atoms in total. The Bertz CT molecular complexity index is 236. The lowest BCUT2D eigenvalue weighted by Gasteiger charge is -2.43. The number of carbonyl (C=O) groups excluding carboxylic acids is 1. The van der Waals surface area contributed by atoms with Crippen molar-refractivity contribution in [2.24, 2.45) is 11.3 Å². The summed E-state index contributed by atoms with van der Waals surface area (Å²) in [5.74, 6) is 0.689. The Labute approximate surface area is 86.0 Å². The molecule has 14 heavy (non-hydrogen) atoms. The molecule has 0 bridgehead atoms. The molecule has 1 aliphatic heterocycles. The predicted octanol–water partition coefficient (Wildman–Crippen LogP) is 2.91. The van der Waals surface area contributed by atoms with Gasteiger partial charge in [0.2, 0.25) is 0 Å². The zero-order valence-electron chi connectivity index (χ0n) is 9.21. The molecule has 3 unspecified atom stereocenters. The van der Waals surface area contributed by atoms with E-state index in [0.29, 0.717) is 5.92 Å². The summed E-state index contributed by atoms with van der Waals surface area (Å²) in [6, 6.07) is 0. The van der Waals surface area contributed by atoms with Gasteiger partial charge in [0.05, 0.1) is 5.41 Å². The lowest BCUT2D eigenvalue weighted by Crippen LogP contribution is -2.45. The van der Waals surface area contributed by atoms with E-state index in [1.165, 1.54) is 19.3 Å². The molecule has 2 rings (SSSR count). The highest BCUT2D eigenvalue weighted by Gasteiger charge is 2.45. The first-order valence-electron chi connectivity index (χ1n) is 5.87. The van der Waals surface area contributed by atoms with Crippen LogP contribution in [0.15, 0.2) is 0 Å².